The van der Waals surface area contributed by atoms with Crippen molar-refractivity contribution in [3.8, 4) is 0 Å². The topological polar surface area (TPSA) is 17.8 Å². The van der Waals surface area contributed by atoms with Crippen molar-refractivity contribution in [2.45, 2.75) is 50.9 Å². The van der Waals surface area contributed by atoms with Crippen molar-refractivity contribution < 1.29 is 0 Å². The maximum absolute atomic E-state index is 6.34. The van der Waals surface area contributed by atoms with Crippen molar-refractivity contribution in [2.75, 3.05) is 0 Å². The van der Waals surface area contributed by atoms with E-state index >= 15 is 0 Å². The first-order valence-electron chi connectivity index (χ1n) is 7.45. The molecular formula is C16H20BrClN2. The van der Waals surface area contributed by atoms with Gasteiger partial charge in [-0.05, 0) is 43.9 Å². The van der Waals surface area contributed by atoms with Gasteiger partial charge in [0.2, 0.25) is 0 Å². The summed E-state index contributed by atoms with van der Waals surface area (Å²) in [6, 6.07) is 6.27. The zero-order valence-electron chi connectivity index (χ0n) is 11.8. The van der Waals surface area contributed by atoms with Crippen LogP contribution in [0.5, 0.6) is 0 Å². The summed E-state index contributed by atoms with van der Waals surface area (Å²) in [5.74, 6) is 1.78. The maximum atomic E-state index is 6.34. The third-order valence-electron chi connectivity index (χ3n) is 4.26. The summed E-state index contributed by atoms with van der Waals surface area (Å²) in [6.45, 7) is 3.06. The molecule has 2 nitrogen and oxygen atoms in total. The number of hydrogen-bond acceptors (Lipinski definition) is 1. The Morgan fingerprint density at radius 2 is 2.10 bits per heavy atom. The molecule has 1 unspecified atom stereocenters. The van der Waals surface area contributed by atoms with Crippen molar-refractivity contribution in [1.82, 2.24) is 9.55 Å². The first-order chi connectivity index (χ1) is 9.65. The molecule has 0 bridgehead atoms. The van der Waals surface area contributed by atoms with Crippen LogP contribution in [0.25, 0.3) is 11.0 Å². The van der Waals surface area contributed by atoms with Crippen LogP contribution in [0.4, 0.5) is 0 Å². The van der Waals surface area contributed by atoms with Gasteiger partial charge in [-0.25, -0.2) is 4.98 Å². The highest BCUT2D eigenvalue weighted by atomic mass is 79.9. The number of nitrogens with zero attached hydrogens (tertiary/aromatic N) is 2. The van der Waals surface area contributed by atoms with E-state index in [1.54, 1.807) is 0 Å². The zero-order valence-corrected chi connectivity index (χ0v) is 14.1. The number of alkyl halides is 1. The van der Waals surface area contributed by atoms with Gasteiger partial charge in [0.1, 0.15) is 5.82 Å². The monoisotopic (exact) mass is 354 g/mol. The molecule has 1 saturated carbocycles. The molecule has 0 N–H and O–H groups in total. The second kappa shape index (κ2) is 6.07. The zero-order chi connectivity index (χ0) is 14.1. The molecule has 0 saturated heterocycles. The van der Waals surface area contributed by atoms with Crippen molar-refractivity contribution in [3.05, 3.63) is 28.5 Å². The maximum Gasteiger partial charge on any atom is 0.127 e. The number of fused-ring (bicyclic) bond motifs is 1. The second-order valence-corrected chi connectivity index (χ2v) is 7.40. The lowest BCUT2D eigenvalue weighted by Crippen LogP contribution is -2.16. The van der Waals surface area contributed by atoms with Gasteiger partial charge in [-0.1, -0.05) is 35.2 Å². The van der Waals surface area contributed by atoms with E-state index in [1.807, 2.05) is 13.0 Å². The van der Waals surface area contributed by atoms with Crippen molar-refractivity contribution in [1.29, 1.82) is 0 Å². The molecule has 1 aromatic carbocycles. The van der Waals surface area contributed by atoms with Gasteiger partial charge in [-0.3, -0.25) is 0 Å². The summed E-state index contributed by atoms with van der Waals surface area (Å²) in [5, 5.41) is -0.0511. The number of halogens is 2. The molecule has 1 atom stereocenters. The van der Waals surface area contributed by atoms with Gasteiger partial charge in [0.05, 0.1) is 16.4 Å². The quantitative estimate of drug-likeness (QED) is 0.648. The molecule has 20 heavy (non-hydrogen) atoms. The highest BCUT2D eigenvalue weighted by molar-refractivity contribution is 9.10. The first-order valence-corrected chi connectivity index (χ1v) is 8.68. The van der Waals surface area contributed by atoms with Crippen LogP contribution in [0.15, 0.2) is 22.7 Å². The molecule has 4 heteroatoms. The van der Waals surface area contributed by atoms with Crippen LogP contribution in [-0.2, 0) is 6.54 Å². The summed E-state index contributed by atoms with van der Waals surface area (Å²) >= 11 is 9.91. The van der Waals surface area contributed by atoms with Crippen molar-refractivity contribution in [3.63, 3.8) is 0 Å². The fraction of sp³-hybridized carbons (Fsp3) is 0.562. The molecular weight excluding hydrogens is 336 g/mol. The van der Waals surface area contributed by atoms with E-state index in [4.69, 9.17) is 16.6 Å². The fourth-order valence-corrected chi connectivity index (χ4v) is 3.75. The number of hydrogen-bond donors (Lipinski definition) is 0. The minimum atomic E-state index is -0.0511. The smallest absolute Gasteiger partial charge is 0.127 e. The lowest BCUT2D eigenvalue weighted by Gasteiger charge is -2.23. The van der Waals surface area contributed by atoms with Crippen LogP contribution in [0.3, 0.4) is 0 Å². The van der Waals surface area contributed by atoms with E-state index < -0.39 is 0 Å². The van der Waals surface area contributed by atoms with Crippen molar-refractivity contribution >= 4 is 38.6 Å². The predicted molar refractivity (Wildman–Crippen MR) is 88.3 cm³/mol. The number of benzene rings is 1. The van der Waals surface area contributed by atoms with Gasteiger partial charge in [0.25, 0.3) is 0 Å². The number of rotatable bonds is 3. The van der Waals surface area contributed by atoms with Crippen molar-refractivity contribution in [2.24, 2.45) is 5.92 Å². The molecule has 1 heterocycles. The SMILES string of the molecule is CC(Cl)c1nc2ccc(Br)cc2n1CC1CCCCC1. The third-order valence-corrected chi connectivity index (χ3v) is 4.95. The minimum Gasteiger partial charge on any atom is -0.326 e. The van der Waals surface area contributed by atoms with Crippen LogP contribution < -0.4 is 0 Å². The standard InChI is InChI=1S/C16H20BrClN2/c1-11(18)16-19-14-8-7-13(17)9-15(14)20(16)10-12-5-3-2-4-6-12/h7-9,11-12H,2-6,10H2,1H3. The Morgan fingerprint density at radius 3 is 2.80 bits per heavy atom. The van der Waals surface area contributed by atoms with E-state index in [2.05, 4.69) is 32.6 Å². The van der Waals surface area contributed by atoms with Gasteiger partial charge in [-0.2, -0.15) is 0 Å². The Balaban J connectivity index is 2.01. The molecule has 0 spiro atoms. The minimum absolute atomic E-state index is 0.0511. The van der Waals surface area contributed by atoms with Gasteiger partial charge in [0, 0.05) is 11.0 Å². The van der Waals surface area contributed by atoms with E-state index in [1.165, 1.54) is 37.6 Å². The van der Waals surface area contributed by atoms with Crippen LogP contribution in [-0.4, -0.2) is 9.55 Å². The molecule has 3 rings (SSSR count). The lowest BCUT2D eigenvalue weighted by atomic mass is 9.89. The molecule has 0 radical (unpaired) electrons. The van der Waals surface area contributed by atoms with E-state index in [0.29, 0.717) is 0 Å². The second-order valence-electron chi connectivity index (χ2n) is 5.83. The fourth-order valence-electron chi connectivity index (χ4n) is 3.24. The van der Waals surface area contributed by atoms with Gasteiger partial charge in [-0.15, -0.1) is 11.6 Å². The average Bonchev–Trinajstić information content (AvgIpc) is 2.78. The van der Waals surface area contributed by atoms with Gasteiger partial charge in [0.15, 0.2) is 0 Å². The Bertz CT molecular complexity index is 600. The Morgan fingerprint density at radius 1 is 1.35 bits per heavy atom. The molecule has 0 aliphatic heterocycles. The Labute approximate surface area is 133 Å². The first kappa shape index (κ1) is 14.4. The normalized spacial score (nSPS) is 18.6. The Hall–Kier alpha value is -0.540. The summed E-state index contributed by atoms with van der Waals surface area (Å²) in [4.78, 5) is 4.73. The average molecular weight is 356 g/mol. The summed E-state index contributed by atoms with van der Waals surface area (Å²) < 4.78 is 3.44. The van der Waals surface area contributed by atoms with E-state index in [9.17, 15) is 0 Å². The molecule has 0 amide bonds. The highest BCUT2D eigenvalue weighted by Crippen LogP contribution is 2.31. The molecule has 1 aliphatic rings. The largest absolute Gasteiger partial charge is 0.326 e. The third kappa shape index (κ3) is 2.89. The van der Waals surface area contributed by atoms with E-state index in [0.717, 1.165) is 28.3 Å². The van der Waals surface area contributed by atoms with Gasteiger partial charge < -0.3 is 4.57 Å². The number of aromatic nitrogens is 2. The molecule has 1 fully saturated rings. The number of imidazole rings is 1. The summed E-state index contributed by atoms with van der Waals surface area (Å²) in [7, 11) is 0. The predicted octanol–water partition coefficient (Wildman–Crippen LogP) is 5.68. The van der Waals surface area contributed by atoms with E-state index in [-0.39, 0.29) is 5.38 Å². The summed E-state index contributed by atoms with van der Waals surface area (Å²) in [6.07, 6.45) is 6.80. The molecule has 1 aliphatic carbocycles. The van der Waals surface area contributed by atoms with Crippen LogP contribution in [0.2, 0.25) is 0 Å². The molecule has 108 valence electrons. The lowest BCUT2D eigenvalue weighted by molar-refractivity contribution is 0.319. The molecule has 2 aromatic rings. The Kier molecular flexibility index (Phi) is 4.37. The van der Waals surface area contributed by atoms with Crippen LogP contribution in [0, 0.1) is 5.92 Å². The highest BCUT2D eigenvalue weighted by Gasteiger charge is 2.20. The summed E-state index contributed by atoms with van der Waals surface area (Å²) in [5.41, 5.74) is 2.25. The van der Waals surface area contributed by atoms with Gasteiger partial charge >= 0.3 is 0 Å². The molecule has 1 aromatic heterocycles. The van der Waals surface area contributed by atoms with Crippen LogP contribution >= 0.6 is 27.5 Å². The van der Waals surface area contributed by atoms with Crippen LogP contribution in [0.1, 0.15) is 50.2 Å².